The summed E-state index contributed by atoms with van der Waals surface area (Å²) < 4.78 is 0. The van der Waals surface area contributed by atoms with Crippen LogP contribution in [0.5, 0.6) is 0 Å². The second-order valence-electron chi connectivity index (χ2n) is 5.65. The molecule has 21 heavy (non-hydrogen) atoms. The average molecular weight is 291 g/mol. The fourth-order valence-corrected chi connectivity index (χ4v) is 2.81. The SMILES string of the molecule is CCN(CC)CCNC(C(N)=O)(c1ccccc1)C(C)C. The Bertz CT molecular complexity index is 429. The number of nitrogens with zero attached hydrogens (tertiary/aromatic N) is 1. The summed E-state index contributed by atoms with van der Waals surface area (Å²) in [6, 6.07) is 9.78. The van der Waals surface area contributed by atoms with Gasteiger partial charge >= 0.3 is 0 Å². The topological polar surface area (TPSA) is 58.4 Å². The van der Waals surface area contributed by atoms with Gasteiger partial charge in [0, 0.05) is 13.1 Å². The molecule has 0 aliphatic carbocycles. The molecule has 1 amide bonds. The van der Waals surface area contributed by atoms with Crippen LogP contribution in [-0.4, -0.2) is 37.0 Å². The van der Waals surface area contributed by atoms with E-state index in [1.807, 2.05) is 44.2 Å². The Morgan fingerprint density at radius 1 is 1.24 bits per heavy atom. The van der Waals surface area contributed by atoms with Gasteiger partial charge in [-0.2, -0.15) is 0 Å². The highest BCUT2D eigenvalue weighted by molar-refractivity contribution is 5.86. The first kappa shape index (κ1) is 17.7. The molecular weight excluding hydrogens is 262 g/mol. The van der Waals surface area contributed by atoms with Crippen molar-refractivity contribution in [2.24, 2.45) is 11.7 Å². The third-order valence-electron chi connectivity index (χ3n) is 4.21. The molecule has 4 heteroatoms. The van der Waals surface area contributed by atoms with Gasteiger partial charge in [-0.25, -0.2) is 0 Å². The largest absolute Gasteiger partial charge is 0.368 e. The van der Waals surface area contributed by atoms with E-state index in [1.165, 1.54) is 0 Å². The lowest BCUT2D eigenvalue weighted by Crippen LogP contribution is -2.57. The Morgan fingerprint density at radius 2 is 1.81 bits per heavy atom. The summed E-state index contributed by atoms with van der Waals surface area (Å²) in [7, 11) is 0. The van der Waals surface area contributed by atoms with E-state index < -0.39 is 5.54 Å². The summed E-state index contributed by atoms with van der Waals surface area (Å²) in [6.07, 6.45) is 0. The van der Waals surface area contributed by atoms with Crippen molar-refractivity contribution in [1.29, 1.82) is 0 Å². The van der Waals surface area contributed by atoms with Gasteiger partial charge in [0.2, 0.25) is 5.91 Å². The number of nitrogens with one attached hydrogen (secondary N) is 1. The zero-order chi connectivity index (χ0) is 15.9. The molecule has 0 aromatic heterocycles. The van der Waals surface area contributed by atoms with Crippen LogP contribution in [0.15, 0.2) is 30.3 Å². The zero-order valence-corrected chi connectivity index (χ0v) is 13.7. The Balaban J connectivity index is 2.95. The molecule has 0 aliphatic heterocycles. The van der Waals surface area contributed by atoms with Crippen molar-refractivity contribution in [1.82, 2.24) is 10.2 Å². The smallest absolute Gasteiger partial charge is 0.242 e. The molecule has 1 aromatic rings. The molecule has 1 aromatic carbocycles. The molecule has 0 aliphatic rings. The maximum Gasteiger partial charge on any atom is 0.242 e. The number of amides is 1. The number of nitrogens with two attached hydrogens (primary N) is 1. The maximum absolute atomic E-state index is 12.2. The molecule has 0 radical (unpaired) electrons. The van der Waals surface area contributed by atoms with Gasteiger partial charge in [0.15, 0.2) is 0 Å². The van der Waals surface area contributed by atoms with Crippen LogP contribution >= 0.6 is 0 Å². The molecule has 3 N–H and O–H groups in total. The third-order valence-corrected chi connectivity index (χ3v) is 4.21. The molecule has 1 rings (SSSR count). The zero-order valence-electron chi connectivity index (χ0n) is 13.7. The maximum atomic E-state index is 12.2. The fourth-order valence-electron chi connectivity index (χ4n) is 2.81. The minimum absolute atomic E-state index is 0.0779. The van der Waals surface area contributed by atoms with E-state index in [1.54, 1.807) is 0 Å². The minimum atomic E-state index is -0.811. The Hall–Kier alpha value is -1.39. The summed E-state index contributed by atoms with van der Waals surface area (Å²) in [6.45, 7) is 12.0. The molecule has 4 nitrogen and oxygen atoms in total. The van der Waals surface area contributed by atoms with E-state index in [0.717, 1.165) is 31.7 Å². The van der Waals surface area contributed by atoms with Gasteiger partial charge in [-0.3, -0.25) is 10.1 Å². The normalized spacial score (nSPS) is 14.4. The van der Waals surface area contributed by atoms with E-state index in [2.05, 4.69) is 24.1 Å². The van der Waals surface area contributed by atoms with E-state index in [-0.39, 0.29) is 11.8 Å². The van der Waals surface area contributed by atoms with Crippen LogP contribution in [0.4, 0.5) is 0 Å². The molecule has 0 saturated heterocycles. The van der Waals surface area contributed by atoms with Crippen molar-refractivity contribution in [3.63, 3.8) is 0 Å². The van der Waals surface area contributed by atoms with Crippen LogP contribution in [0.1, 0.15) is 33.3 Å². The summed E-state index contributed by atoms with van der Waals surface area (Å²) in [5.41, 5.74) is 5.90. The number of hydrogen-bond acceptors (Lipinski definition) is 3. The fraction of sp³-hybridized carbons (Fsp3) is 0.588. The molecule has 118 valence electrons. The van der Waals surface area contributed by atoms with Crippen molar-refractivity contribution < 1.29 is 4.79 Å². The van der Waals surface area contributed by atoms with Crippen molar-refractivity contribution in [2.45, 2.75) is 33.2 Å². The molecule has 0 saturated carbocycles. The van der Waals surface area contributed by atoms with Gasteiger partial charge < -0.3 is 10.6 Å². The molecule has 0 heterocycles. The monoisotopic (exact) mass is 291 g/mol. The summed E-state index contributed by atoms with van der Waals surface area (Å²) in [4.78, 5) is 14.5. The van der Waals surface area contributed by atoms with E-state index in [4.69, 9.17) is 5.73 Å². The summed E-state index contributed by atoms with van der Waals surface area (Å²) in [5, 5.41) is 3.43. The molecule has 1 atom stereocenters. The number of benzene rings is 1. The summed E-state index contributed by atoms with van der Waals surface area (Å²) >= 11 is 0. The lowest BCUT2D eigenvalue weighted by atomic mass is 9.79. The minimum Gasteiger partial charge on any atom is -0.368 e. The highest BCUT2D eigenvalue weighted by atomic mass is 16.1. The molecule has 0 bridgehead atoms. The lowest BCUT2D eigenvalue weighted by molar-refractivity contribution is -0.126. The molecule has 0 fully saturated rings. The number of carbonyl (C=O) groups is 1. The van der Waals surface area contributed by atoms with Crippen molar-refractivity contribution in [2.75, 3.05) is 26.2 Å². The van der Waals surface area contributed by atoms with Crippen LogP contribution in [0.2, 0.25) is 0 Å². The first-order chi connectivity index (χ1) is 9.98. The Morgan fingerprint density at radius 3 is 2.24 bits per heavy atom. The van der Waals surface area contributed by atoms with Crippen LogP contribution in [0, 0.1) is 5.92 Å². The number of rotatable bonds is 9. The van der Waals surface area contributed by atoms with E-state index in [9.17, 15) is 4.79 Å². The van der Waals surface area contributed by atoms with Crippen molar-refractivity contribution >= 4 is 5.91 Å². The Kier molecular flexibility index (Phi) is 6.85. The van der Waals surface area contributed by atoms with Gasteiger partial charge in [-0.15, -0.1) is 0 Å². The van der Waals surface area contributed by atoms with Crippen molar-refractivity contribution in [3.05, 3.63) is 35.9 Å². The highest BCUT2D eigenvalue weighted by Crippen LogP contribution is 2.29. The predicted molar refractivity (Wildman–Crippen MR) is 87.9 cm³/mol. The van der Waals surface area contributed by atoms with Crippen LogP contribution in [0.25, 0.3) is 0 Å². The second-order valence-corrected chi connectivity index (χ2v) is 5.65. The number of hydrogen-bond donors (Lipinski definition) is 2. The number of likely N-dealkylation sites (N-methyl/N-ethyl adjacent to an activating group) is 1. The van der Waals surface area contributed by atoms with E-state index in [0.29, 0.717) is 0 Å². The first-order valence-electron chi connectivity index (χ1n) is 7.81. The standard InChI is InChI=1S/C17H29N3O/c1-5-20(6-2)13-12-19-17(14(3)4,16(18)21)15-10-8-7-9-11-15/h7-11,14,19H,5-6,12-13H2,1-4H3,(H2,18,21). The first-order valence-corrected chi connectivity index (χ1v) is 7.81. The quantitative estimate of drug-likeness (QED) is 0.731. The van der Waals surface area contributed by atoms with Gasteiger partial charge in [-0.1, -0.05) is 58.0 Å². The van der Waals surface area contributed by atoms with Crippen LogP contribution in [0.3, 0.4) is 0 Å². The molecular formula is C17H29N3O. The number of carbonyl (C=O) groups excluding carboxylic acids is 1. The van der Waals surface area contributed by atoms with Crippen LogP contribution in [-0.2, 0) is 10.3 Å². The van der Waals surface area contributed by atoms with Gasteiger partial charge in [-0.05, 0) is 24.6 Å². The summed E-state index contributed by atoms with van der Waals surface area (Å²) in [5.74, 6) is -0.239. The van der Waals surface area contributed by atoms with Crippen LogP contribution < -0.4 is 11.1 Å². The highest BCUT2D eigenvalue weighted by Gasteiger charge is 2.41. The van der Waals surface area contributed by atoms with Crippen molar-refractivity contribution in [3.8, 4) is 0 Å². The second kappa shape index (κ2) is 8.15. The van der Waals surface area contributed by atoms with Gasteiger partial charge in [0.1, 0.15) is 5.54 Å². The predicted octanol–water partition coefficient (Wildman–Crippen LogP) is 1.95. The Labute approximate surface area is 128 Å². The van der Waals surface area contributed by atoms with E-state index >= 15 is 0 Å². The third kappa shape index (κ3) is 4.05. The number of primary amides is 1. The lowest BCUT2D eigenvalue weighted by Gasteiger charge is -2.37. The molecule has 1 unspecified atom stereocenters. The van der Waals surface area contributed by atoms with Gasteiger partial charge in [0.25, 0.3) is 0 Å². The molecule has 0 spiro atoms. The van der Waals surface area contributed by atoms with Gasteiger partial charge in [0.05, 0.1) is 0 Å². The average Bonchev–Trinajstić information content (AvgIpc) is 2.48.